The maximum Gasteiger partial charge on any atom is 0.416 e. The highest BCUT2D eigenvalue weighted by molar-refractivity contribution is 5.97. The van der Waals surface area contributed by atoms with Gasteiger partial charge in [-0.15, -0.1) is 0 Å². The molecule has 0 aliphatic carbocycles. The number of aromatic nitrogens is 1. The summed E-state index contributed by atoms with van der Waals surface area (Å²) in [5, 5.41) is 3.56. The van der Waals surface area contributed by atoms with Crippen molar-refractivity contribution in [2.45, 2.75) is 19.6 Å². The first-order valence-electron chi connectivity index (χ1n) is 7.64. The third-order valence-corrected chi connectivity index (χ3v) is 3.91. The van der Waals surface area contributed by atoms with Gasteiger partial charge >= 0.3 is 6.18 Å². The average Bonchev–Trinajstić information content (AvgIpc) is 2.59. The molecule has 0 bridgehead atoms. The number of para-hydroxylation sites is 1. The number of carbonyl (C=O) groups is 1. The van der Waals surface area contributed by atoms with Crippen molar-refractivity contribution in [3.63, 3.8) is 0 Å². The normalized spacial score (nSPS) is 11.5. The van der Waals surface area contributed by atoms with E-state index in [2.05, 4.69) is 10.3 Å². The molecule has 0 unspecified atom stereocenters. The van der Waals surface area contributed by atoms with E-state index in [0.717, 1.165) is 28.6 Å². The molecule has 0 saturated heterocycles. The number of alkyl halides is 3. The molecule has 2 aromatic carbocycles. The lowest BCUT2D eigenvalue weighted by Crippen LogP contribution is -2.23. The maximum atomic E-state index is 12.5. The zero-order valence-electron chi connectivity index (χ0n) is 13.4. The largest absolute Gasteiger partial charge is 0.416 e. The highest BCUT2D eigenvalue weighted by Gasteiger charge is 2.29. The van der Waals surface area contributed by atoms with E-state index in [9.17, 15) is 18.0 Å². The SMILES string of the molecule is Cc1cccc2cc(C(=O)NCc3ccc(C(F)(F)F)cc3)cnc12. The molecule has 0 aliphatic rings. The highest BCUT2D eigenvalue weighted by Crippen LogP contribution is 2.29. The monoisotopic (exact) mass is 344 g/mol. The highest BCUT2D eigenvalue weighted by atomic mass is 19.4. The Labute approximate surface area is 142 Å². The van der Waals surface area contributed by atoms with Gasteiger partial charge in [0.25, 0.3) is 5.91 Å². The zero-order chi connectivity index (χ0) is 18.0. The third-order valence-electron chi connectivity index (χ3n) is 3.91. The number of nitrogens with zero attached hydrogens (tertiary/aromatic N) is 1. The fraction of sp³-hybridized carbons (Fsp3) is 0.158. The van der Waals surface area contributed by atoms with Gasteiger partial charge in [0.2, 0.25) is 0 Å². The fourth-order valence-electron chi connectivity index (χ4n) is 2.53. The molecule has 6 heteroatoms. The van der Waals surface area contributed by atoms with Gasteiger partial charge in [-0.1, -0.05) is 30.3 Å². The van der Waals surface area contributed by atoms with Crippen LogP contribution in [-0.2, 0) is 12.7 Å². The zero-order valence-corrected chi connectivity index (χ0v) is 13.4. The van der Waals surface area contributed by atoms with E-state index in [1.807, 2.05) is 25.1 Å². The lowest BCUT2D eigenvalue weighted by Gasteiger charge is -2.09. The maximum absolute atomic E-state index is 12.5. The predicted molar refractivity (Wildman–Crippen MR) is 89.1 cm³/mol. The Balaban J connectivity index is 1.70. The van der Waals surface area contributed by atoms with Crippen LogP contribution < -0.4 is 5.32 Å². The van der Waals surface area contributed by atoms with Crippen LogP contribution in [0, 0.1) is 6.92 Å². The van der Waals surface area contributed by atoms with Crippen molar-refractivity contribution >= 4 is 16.8 Å². The predicted octanol–water partition coefficient (Wildman–Crippen LogP) is 4.49. The molecule has 1 aromatic heterocycles. The van der Waals surface area contributed by atoms with Gasteiger partial charge in [0.05, 0.1) is 16.6 Å². The minimum absolute atomic E-state index is 0.142. The Kier molecular flexibility index (Phi) is 4.44. The van der Waals surface area contributed by atoms with Gasteiger partial charge in [-0.05, 0) is 36.2 Å². The van der Waals surface area contributed by atoms with Crippen LogP contribution in [0.2, 0.25) is 0 Å². The Morgan fingerprint density at radius 3 is 2.52 bits per heavy atom. The second-order valence-corrected chi connectivity index (χ2v) is 5.75. The Morgan fingerprint density at radius 2 is 1.84 bits per heavy atom. The molecule has 0 atom stereocenters. The summed E-state index contributed by atoms with van der Waals surface area (Å²) in [5.41, 5.74) is 2.14. The minimum Gasteiger partial charge on any atom is -0.348 e. The number of halogens is 3. The van der Waals surface area contributed by atoms with Gasteiger partial charge in [0.1, 0.15) is 0 Å². The van der Waals surface area contributed by atoms with Gasteiger partial charge < -0.3 is 5.32 Å². The summed E-state index contributed by atoms with van der Waals surface area (Å²) in [5.74, 6) is -0.323. The number of carbonyl (C=O) groups excluding carboxylic acids is 1. The number of benzene rings is 2. The molecule has 1 heterocycles. The summed E-state index contributed by atoms with van der Waals surface area (Å²) in [7, 11) is 0. The summed E-state index contributed by atoms with van der Waals surface area (Å²) in [6.45, 7) is 2.09. The molecule has 0 fully saturated rings. The third kappa shape index (κ3) is 3.79. The Hall–Kier alpha value is -2.89. The van der Waals surface area contributed by atoms with Crippen molar-refractivity contribution in [1.82, 2.24) is 10.3 Å². The molecule has 0 radical (unpaired) electrons. The van der Waals surface area contributed by atoms with E-state index in [-0.39, 0.29) is 12.5 Å². The molecule has 0 saturated carbocycles. The molecule has 1 amide bonds. The van der Waals surface area contributed by atoms with Crippen molar-refractivity contribution in [3.8, 4) is 0 Å². The van der Waals surface area contributed by atoms with Gasteiger partial charge in [0.15, 0.2) is 0 Å². The van der Waals surface area contributed by atoms with Crippen LogP contribution in [0.3, 0.4) is 0 Å². The van der Waals surface area contributed by atoms with Crippen LogP contribution in [0.15, 0.2) is 54.7 Å². The molecule has 3 aromatic rings. The standard InChI is InChI=1S/C19H15F3N2O/c1-12-3-2-4-14-9-15(11-23-17(12)14)18(25)24-10-13-5-7-16(8-6-13)19(20,21)22/h2-9,11H,10H2,1H3,(H,24,25). The van der Waals surface area contributed by atoms with Gasteiger partial charge in [-0.2, -0.15) is 13.2 Å². The smallest absolute Gasteiger partial charge is 0.348 e. The molecule has 3 rings (SSSR count). The first-order valence-corrected chi connectivity index (χ1v) is 7.64. The molecular weight excluding hydrogens is 329 g/mol. The van der Waals surface area contributed by atoms with Crippen LogP contribution in [-0.4, -0.2) is 10.9 Å². The molecule has 1 N–H and O–H groups in total. The Morgan fingerprint density at radius 1 is 1.12 bits per heavy atom. The van der Waals surface area contributed by atoms with Crippen LogP contribution in [0.25, 0.3) is 10.9 Å². The van der Waals surface area contributed by atoms with E-state index in [4.69, 9.17) is 0 Å². The Bertz CT molecular complexity index is 918. The lowest BCUT2D eigenvalue weighted by molar-refractivity contribution is -0.137. The molecule has 0 spiro atoms. The van der Waals surface area contributed by atoms with Crippen molar-refractivity contribution in [2.75, 3.05) is 0 Å². The summed E-state index contributed by atoms with van der Waals surface area (Å²) in [4.78, 5) is 16.6. The average molecular weight is 344 g/mol. The van der Waals surface area contributed by atoms with Crippen LogP contribution in [0.1, 0.15) is 27.0 Å². The number of hydrogen-bond donors (Lipinski definition) is 1. The number of amides is 1. The molecule has 128 valence electrons. The lowest BCUT2D eigenvalue weighted by atomic mass is 10.1. The second-order valence-electron chi connectivity index (χ2n) is 5.75. The summed E-state index contributed by atoms with van der Waals surface area (Å²) in [6.07, 6.45) is -2.87. The van der Waals surface area contributed by atoms with Crippen molar-refractivity contribution in [3.05, 3.63) is 77.0 Å². The first-order chi connectivity index (χ1) is 11.8. The molecule has 0 aliphatic heterocycles. The van der Waals surface area contributed by atoms with E-state index in [0.29, 0.717) is 11.1 Å². The number of rotatable bonds is 3. The van der Waals surface area contributed by atoms with Crippen molar-refractivity contribution < 1.29 is 18.0 Å². The number of nitrogens with one attached hydrogen (secondary N) is 1. The molecular formula is C19H15F3N2O. The number of aryl methyl sites for hydroxylation is 1. The number of hydrogen-bond acceptors (Lipinski definition) is 2. The fourth-order valence-corrected chi connectivity index (χ4v) is 2.53. The topological polar surface area (TPSA) is 42.0 Å². The van der Waals surface area contributed by atoms with Crippen molar-refractivity contribution in [2.24, 2.45) is 0 Å². The van der Waals surface area contributed by atoms with Crippen LogP contribution >= 0.6 is 0 Å². The second kappa shape index (κ2) is 6.55. The van der Waals surface area contributed by atoms with E-state index in [1.54, 1.807) is 6.07 Å². The molecule has 3 nitrogen and oxygen atoms in total. The van der Waals surface area contributed by atoms with E-state index in [1.165, 1.54) is 18.3 Å². The van der Waals surface area contributed by atoms with Crippen LogP contribution in [0.4, 0.5) is 13.2 Å². The number of pyridine rings is 1. The van der Waals surface area contributed by atoms with Gasteiger partial charge in [-0.3, -0.25) is 9.78 Å². The van der Waals surface area contributed by atoms with Gasteiger partial charge in [0, 0.05) is 18.1 Å². The van der Waals surface area contributed by atoms with Crippen LogP contribution in [0.5, 0.6) is 0 Å². The quantitative estimate of drug-likeness (QED) is 0.760. The summed E-state index contributed by atoms with van der Waals surface area (Å²) < 4.78 is 37.6. The number of fused-ring (bicyclic) bond motifs is 1. The molecule has 25 heavy (non-hydrogen) atoms. The van der Waals surface area contributed by atoms with E-state index >= 15 is 0 Å². The van der Waals surface area contributed by atoms with Gasteiger partial charge in [-0.25, -0.2) is 0 Å². The van der Waals surface area contributed by atoms with E-state index < -0.39 is 11.7 Å². The summed E-state index contributed by atoms with van der Waals surface area (Å²) in [6, 6.07) is 12.2. The van der Waals surface area contributed by atoms with Crippen molar-refractivity contribution in [1.29, 1.82) is 0 Å². The summed E-state index contributed by atoms with van der Waals surface area (Å²) >= 11 is 0. The first kappa shape index (κ1) is 17.0. The minimum atomic E-state index is -4.36.